The van der Waals surface area contributed by atoms with E-state index in [0.717, 1.165) is 0 Å². The lowest BCUT2D eigenvalue weighted by Crippen LogP contribution is -2.15. The molecule has 2 unspecified atom stereocenters. The predicted octanol–water partition coefficient (Wildman–Crippen LogP) is 0.845. The van der Waals surface area contributed by atoms with Crippen LogP contribution in [0.4, 0.5) is 4.39 Å². The third-order valence-corrected chi connectivity index (χ3v) is 6.05. The summed E-state index contributed by atoms with van der Waals surface area (Å²) in [5, 5.41) is 0. The number of halogens is 1. The summed E-state index contributed by atoms with van der Waals surface area (Å²) >= 11 is 0. The van der Waals surface area contributed by atoms with Crippen LogP contribution >= 0.6 is 23.5 Å². The van der Waals surface area contributed by atoms with Gasteiger partial charge in [0.15, 0.2) is 0 Å². The van der Waals surface area contributed by atoms with Crippen molar-refractivity contribution in [1.82, 2.24) is 0 Å². The van der Waals surface area contributed by atoms with Gasteiger partial charge in [-0.05, 0) is 6.92 Å². The predicted molar refractivity (Wildman–Crippen MR) is 63.7 cm³/mol. The van der Waals surface area contributed by atoms with Crippen LogP contribution in [0.2, 0.25) is 0 Å². The maximum absolute atomic E-state index is 13.1. The van der Waals surface area contributed by atoms with Crippen LogP contribution < -0.4 is 0 Å². The molecule has 5 atom stereocenters. The van der Waals surface area contributed by atoms with Crippen molar-refractivity contribution in [3.63, 3.8) is 0 Å². The van der Waals surface area contributed by atoms with Gasteiger partial charge in [-0.1, -0.05) is 0 Å². The quantitative estimate of drug-likeness (QED) is 0.466. The minimum Gasteiger partial charge on any atom is -0.370 e. The molecular weight excluding hydrogens is 360 g/mol. The van der Waals surface area contributed by atoms with Crippen molar-refractivity contribution in [1.29, 1.82) is 0 Å². The van der Waals surface area contributed by atoms with Crippen LogP contribution in [0.25, 0.3) is 0 Å². The summed E-state index contributed by atoms with van der Waals surface area (Å²) in [4.78, 5) is 34.6. The number of hydrogen-bond acceptors (Lipinski definition) is 7. The van der Waals surface area contributed by atoms with Crippen LogP contribution in [0.1, 0.15) is 13.3 Å². The average Bonchev–Trinajstić information content (AvgIpc) is 2.50. The number of hydrogen-bond donors (Lipinski definition) is 4. The molecule has 21 heavy (non-hydrogen) atoms. The summed E-state index contributed by atoms with van der Waals surface area (Å²) in [5.74, 6) is 0. The molecule has 0 spiro atoms. The smallest absolute Gasteiger partial charge is 0.370 e. The van der Waals surface area contributed by atoms with Gasteiger partial charge in [0, 0.05) is 6.42 Å². The average molecular weight is 374 g/mol. The molecule has 0 aromatic rings. The highest BCUT2D eigenvalue weighted by Crippen LogP contribution is 2.66. The van der Waals surface area contributed by atoms with Gasteiger partial charge in [-0.25, -0.2) is 18.1 Å². The van der Waals surface area contributed by atoms with Gasteiger partial charge >= 0.3 is 23.5 Å². The molecule has 0 aromatic heterocycles. The Labute approximate surface area is 118 Å². The summed E-state index contributed by atoms with van der Waals surface area (Å²) in [5.41, 5.74) is 0. The molecule has 1 heterocycles. The summed E-state index contributed by atoms with van der Waals surface area (Å²) in [6, 6.07) is 0. The fraction of sp³-hybridized carbons (Fsp3) is 1.00. The number of rotatable bonds is 7. The van der Waals surface area contributed by atoms with E-state index in [0.29, 0.717) is 0 Å². The van der Waals surface area contributed by atoms with Gasteiger partial charge in [0.05, 0.1) is 18.8 Å². The third-order valence-electron chi connectivity index (χ3n) is 2.24. The lowest BCUT2D eigenvalue weighted by molar-refractivity contribution is 0.0102. The summed E-state index contributed by atoms with van der Waals surface area (Å²) in [6.45, 7) is 0.809. The maximum atomic E-state index is 13.1. The fourth-order valence-corrected chi connectivity index (χ4v) is 4.52. The molecule has 0 aromatic carbocycles. The molecule has 0 amide bonds. The van der Waals surface area contributed by atoms with E-state index in [1.165, 1.54) is 6.92 Å². The Hall–Kier alpha value is 0.300. The van der Waals surface area contributed by atoms with E-state index in [9.17, 15) is 18.1 Å². The number of phosphoric acid groups is 3. The standard InChI is InChI=1S/C6H14FO11P3/c1-4-6(7)2-5(16-4)3-15-20(11,12)18-21(13,14)17-19(8,9)10/h4-6H,2-3H2,1H3,(H,11,12)(H,13,14)(H2,8,9,10)/t4-,5-,6-/m0/s1. The molecule has 0 radical (unpaired) electrons. The highest BCUT2D eigenvalue weighted by atomic mass is 31.3. The first-order chi connectivity index (χ1) is 9.30. The van der Waals surface area contributed by atoms with Crippen molar-refractivity contribution in [2.45, 2.75) is 31.7 Å². The van der Waals surface area contributed by atoms with E-state index in [1.54, 1.807) is 0 Å². The van der Waals surface area contributed by atoms with Crippen molar-refractivity contribution in [2.75, 3.05) is 6.61 Å². The van der Waals surface area contributed by atoms with Gasteiger partial charge < -0.3 is 24.3 Å². The minimum absolute atomic E-state index is 0.114. The van der Waals surface area contributed by atoms with Crippen LogP contribution in [-0.2, 0) is 31.6 Å². The molecule has 15 heteroatoms. The highest BCUT2D eigenvalue weighted by Gasteiger charge is 2.41. The second-order valence-electron chi connectivity index (χ2n) is 4.10. The molecule has 0 aliphatic carbocycles. The van der Waals surface area contributed by atoms with Crippen molar-refractivity contribution in [3.8, 4) is 0 Å². The largest absolute Gasteiger partial charge is 0.490 e. The molecule has 1 aliphatic rings. The van der Waals surface area contributed by atoms with Crippen molar-refractivity contribution in [3.05, 3.63) is 0 Å². The van der Waals surface area contributed by atoms with Crippen molar-refractivity contribution < 1.29 is 55.5 Å². The van der Waals surface area contributed by atoms with E-state index in [2.05, 4.69) is 13.1 Å². The molecule has 11 nitrogen and oxygen atoms in total. The van der Waals surface area contributed by atoms with Crippen LogP contribution in [0.15, 0.2) is 0 Å². The molecule has 1 fully saturated rings. The normalized spacial score (nSPS) is 32.6. The monoisotopic (exact) mass is 374 g/mol. The van der Waals surface area contributed by atoms with Crippen LogP contribution in [0.3, 0.4) is 0 Å². The minimum atomic E-state index is -5.54. The Balaban J connectivity index is 2.52. The second kappa shape index (κ2) is 6.82. The Morgan fingerprint density at radius 1 is 1.14 bits per heavy atom. The Morgan fingerprint density at radius 3 is 2.14 bits per heavy atom. The third kappa shape index (κ3) is 7.40. The first-order valence-electron chi connectivity index (χ1n) is 5.37. The van der Waals surface area contributed by atoms with Gasteiger partial charge in [0.25, 0.3) is 0 Å². The number of phosphoric ester groups is 1. The van der Waals surface area contributed by atoms with Gasteiger partial charge in [-0.2, -0.15) is 8.62 Å². The van der Waals surface area contributed by atoms with E-state index < -0.39 is 48.5 Å². The topological polar surface area (TPSA) is 169 Å². The zero-order valence-electron chi connectivity index (χ0n) is 10.5. The van der Waals surface area contributed by atoms with Crippen LogP contribution in [0.5, 0.6) is 0 Å². The number of ether oxygens (including phenoxy) is 1. The van der Waals surface area contributed by atoms with Gasteiger partial charge in [-0.3, -0.25) is 4.52 Å². The van der Waals surface area contributed by atoms with E-state index in [4.69, 9.17) is 24.3 Å². The zero-order chi connectivity index (χ0) is 16.5. The van der Waals surface area contributed by atoms with E-state index >= 15 is 0 Å². The Kier molecular flexibility index (Phi) is 6.28. The molecule has 1 aliphatic heterocycles. The van der Waals surface area contributed by atoms with Gasteiger partial charge in [0.2, 0.25) is 0 Å². The number of alkyl halides is 1. The van der Waals surface area contributed by atoms with Gasteiger partial charge in [0.1, 0.15) is 6.17 Å². The second-order valence-corrected chi connectivity index (χ2v) is 8.52. The van der Waals surface area contributed by atoms with E-state index in [1.807, 2.05) is 0 Å². The Morgan fingerprint density at radius 2 is 1.71 bits per heavy atom. The zero-order valence-corrected chi connectivity index (χ0v) is 13.2. The fourth-order valence-electron chi connectivity index (χ4n) is 1.48. The van der Waals surface area contributed by atoms with Crippen LogP contribution in [0, 0.1) is 0 Å². The highest BCUT2D eigenvalue weighted by molar-refractivity contribution is 7.66. The van der Waals surface area contributed by atoms with Gasteiger partial charge in [-0.15, -0.1) is 0 Å². The summed E-state index contributed by atoms with van der Waals surface area (Å²) < 4.78 is 62.1. The van der Waals surface area contributed by atoms with Crippen LogP contribution in [-0.4, -0.2) is 44.6 Å². The molecule has 0 saturated carbocycles. The maximum Gasteiger partial charge on any atom is 0.490 e. The van der Waals surface area contributed by atoms with Crippen molar-refractivity contribution in [2.24, 2.45) is 0 Å². The van der Waals surface area contributed by atoms with E-state index in [-0.39, 0.29) is 6.42 Å². The molecule has 1 rings (SSSR count). The lowest BCUT2D eigenvalue weighted by atomic mass is 10.2. The lowest BCUT2D eigenvalue weighted by Gasteiger charge is -2.17. The SMILES string of the molecule is C[C@@H]1O[C@H](COP(=O)(O)OP(=O)(O)OP(=O)(O)O)C[C@@H]1F. The molecule has 126 valence electrons. The Bertz CT molecular complexity index is 494. The summed E-state index contributed by atoms with van der Waals surface area (Å²) in [6.07, 6.45) is -3.02. The molecule has 1 saturated heterocycles. The van der Waals surface area contributed by atoms with Crippen molar-refractivity contribution >= 4 is 23.5 Å². The summed E-state index contributed by atoms with van der Waals surface area (Å²) in [7, 11) is -16.1. The molecular formula is C6H14FO11P3. The first-order valence-corrected chi connectivity index (χ1v) is 9.90. The first kappa shape index (κ1) is 19.3. The molecule has 0 bridgehead atoms. The molecule has 4 N–H and O–H groups in total.